The lowest BCUT2D eigenvalue weighted by molar-refractivity contribution is -0.121. The molecule has 146 valence electrons. The minimum atomic E-state index is -4.10. The third kappa shape index (κ3) is 6.30. The molecule has 0 saturated carbocycles. The molecule has 2 aromatic carbocycles. The van der Waals surface area contributed by atoms with Gasteiger partial charge in [0.15, 0.2) is 0 Å². The first kappa shape index (κ1) is 20.8. The van der Waals surface area contributed by atoms with E-state index in [1.54, 1.807) is 19.2 Å². The lowest BCUT2D eigenvalue weighted by Crippen LogP contribution is -2.28. The Morgan fingerprint density at radius 2 is 1.81 bits per heavy atom. The van der Waals surface area contributed by atoms with Crippen LogP contribution in [0.3, 0.4) is 0 Å². The van der Waals surface area contributed by atoms with Crippen LogP contribution in [0.2, 0.25) is 0 Å². The summed E-state index contributed by atoms with van der Waals surface area (Å²) in [6.07, 6.45) is 0.334. The van der Waals surface area contributed by atoms with Crippen LogP contribution in [0.1, 0.15) is 18.4 Å². The molecule has 2 rings (SSSR count). The molecule has 0 unspecified atom stereocenters. The fourth-order valence-corrected chi connectivity index (χ4v) is 3.39. The van der Waals surface area contributed by atoms with Gasteiger partial charge in [0.2, 0.25) is 15.9 Å². The Morgan fingerprint density at radius 3 is 2.44 bits per heavy atom. The molecular formula is C18H20F2N2O4S. The first-order valence-electron chi connectivity index (χ1n) is 8.16. The third-order valence-electron chi connectivity index (χ3n) is 3.70. The van der Waals surface area contributed by atoms with Crippen LogP contribution in [0.15, 0.2) is 47.4 Å². The average Bonchev–Trinajstić information content (AvgIpc) is 2.63. The van der Waals surface area contributed by atoms with Gasteiger partial charge in [-0.05, 0) is 36.2 Å². The van der Waals surface area contributed by atoms with Crippen LogP contribution in [0.4, 0.5) is 8.78 Å². The molecule has 2 N–H and O–H groups in total. The number of nitrogens with one attached hydrogen (secondary N) is 2. The summed E-state index contributed by atoms with van der Waals surface area (Å²) in [5.41, 5.74) is 0.900. The van der Waals surface area contributed by atoms with Gasteiger partial charge in [0.05, 0.1) is 7.11 Å². The molecule has 0 saturated heterocycles. The van der Waals surface area contributed by atoms with Crippen LogP contribution < -0.4 is 14.8 Å². The molecule has 0 heterocycles. The fraction of sp³-hybridized carbons (Fsp3) is 0.278. The maximum atomic E-state index is 13.6. The predicted octanol–water partition coefficient (Wildman–Crippen LogP) is 2.35. The van der Waals surface area contributed by atoms with Crippen LogP contribution in [0.5, 0.6) is 5.75 Å². The zero-order chi connectivity index (χ0) is 19.9. The second kappa shape index (κ2) is 9.43. The number of rotatable bonds is 9. The molecule has 1 amide bonds. The predicted molar refractivity (Wildman–Crippen MR) is 95.6 cm³/mol. The van der Waals surface area contributed by atoms with Crippen molar-refractivity contribution in [1.82, 2.24) is 10.0 Å². The average molecular weight is 398 g/mol. The van der Waals surface area contributed by atoms with E-state index < -0.39 is 26.6 Å². The van der Waals surface area contributed by atoms with Crippen molar-refractivity contribution in [3.63, 3.8) is 0 Å². The maximum Gasteiger partial charge on any atom is 0.243 e. The number of benzene rings is 2. The van der Waals surface area contributed by atoms with E-state index >= 15 is 0 Å². The van der Waals surface area contributed by atoms with Crippen molar-refractivity contribution in [2.24, 2.45) is 0 Å². The summed E-state index contributed by atoms with van der Waals surface area (Å²) in [5.74, 6) is -1.55. The summed E-state index contributed by atoms with van der Waals surface area (Å²) in [7, 11) is -2.54. The van der Waals surface area contributed by atoms with E-state index in [2.05, 4.69) is 10.0 Å². The smallest absolute Gasteiger partial charge is 0.243 e. The van der Waals surface area contributed by atoms with Gasteiger partial charge in [-0.3, -0.25) is 4.79 Å². The van der Waals surface area contributed by atoms with Crippen molar-refractivity contribution < 1.29 is 26.7 Å². The highest BCUT2D eigenvalue weighted by Gasteiger charge is 2.19. The van der Waals surface area contributed by atoms with Crippen molar-refractivity contribution >= 4 is 15.9 Å². The molecule has 0 radical (unpaired) electrons. The quantitative estimate of drug-likeness (QED) is 0.635. The second-order valence-electron chi connectivity index (χ2n) is 5.70. The molecule has 0 fully saturated rings. The summed E-state index contributed by atoms with van der Waals surface area (Å²) in [5, 5.41) is 2.72. The van der Waals surface area contributed by atoms with Gasteiger partial charge in [-0.2, -0.15) is 0 Å². The van der Waals surface area contributed by atoms with Gasteiger partial charge >= 0.3 is 0 Å². The van der Waals surface area contributed by atoms with Gasteiger partial charge in [0, 0.05) is 25.6 Å². The first-order chi connectivity index (χ1) is 12.8. The van der Waals surface area contributed by atoms with Gasteiger partial charge in [-0.15, -0.1) is 0 Å². The number of sulfonamides is 1. The molecule has 0 bridgehead atoms. The summed E-state index contributed by atoms with van der Waals surface area (Å²) in [6.45, 7) is 0.296. The van der Waals surface area contributed by atoms with Gasteiger partial charge < -0.3 is 10.1 Å². The van der Waals surface area contributed by atoms with Gasteiger partial charge in [0.25, 0.3) is 0 Å². The highest BCUT2D eigenvalue weighted by molar-refractivity contribution is 7.89. The minimum absolute atomic E-state index is 0.0465. The van der Waals surface area contributed by atoms with E-state index in [4.69, 9.17) is 4.74 Å². The van der Waals surface area contributed by atoms with E-state index in [0.29, 0.717) is 12.6 Å². The van der Waals surface area contributed by atoms with Gasteiger partial charge in [-0.1, -0.05) is 12.1 Å². The van der Waals surface area contributed by atoms with Gasteiger partial charge in [0.1, 0.15) is 22.3 Å². The third-order valence-corrected chi connectivity index (χ3v) is 5.20. The monoisotopic (exact) mass is 398 g/mol. The Bertz CT molecular complexity index is 887. The molecule has 0 spiro atoms. The highest BCUT2D eigenvalue weighted by atomic mass is 32.2. The Morgan fingerprint density at radius 1 is 1.11 bits per heavy atom. The Kier molecular flexibility index (Phi) is 7.26. The number of carbonyl (C=O) groups excluding carboxylic acids is 1. The number of hydrogen-bond acceptors (Lipinski definition) is 4. The van der Waals surface area contributed by atoms with Gasteiger partial charge in [-0.25, -0.2) is 21.9 Å². The molecule has 9 heteroatoms. The van der Waals surface area contributed by atoms with Crippen molar-refractivity contribution in [2.45, 2.75) is 24.3 Å². The number of ether oxygens (including phenoxy) is 1. The van der Waals surface area contributed by atoms with Crippen molar-refractivity contribution in [3.8, 4) is 5.75 Å². The lowest BCUT2D eigenvalue weighted by atomic mass is 10.2. The molecule has 0 aliphatic rings. The zero-order valence-corrected chi connectivity index (χ0v) is 15.5. The maximum absolute atomic E-state index is 13.6. The molecule has 27 heavy (non-hydrogen) atoms. The molecule has 6 nitrogen and oxygen atoms in total. The number of amides is 1. The minimum Gasteiger partial charge on any atom is -0.497 e. The molecule has 0 atom stereocenters. The Balaban J connectivity index is 1.74. The van der Waals surface area contributed by atoms with Crippen LogP contribution in [0, 0.1) is 11.6 Å². The van der Waals surface area contributed by atoms with E-state index in [0.717, 1.165) is 23.4 Å². The summed E-state index contributed by atoms with van der Waals surface area (Å²) in [4.78, 5) is 11.2. The van der Waals surface area contributed by atoms with Crippen LogP contribution in [-0.4, -0.2) is 28.0 Å². The van der Waals surface area contributed by atoms with E-state index in [9.17, 15) is 22.0 Å². The van der Waals surface area contributed by atoms with E-state index in [1.165, 1.54) is 0 Å². The first-order valence-corrected chi connectivity index (χ1v) is 9.64. The van der Waals surface area contributed by atoms with Crippen LogP contribution in [0.25, 0.3) is 0 Å². The van der Waals surface area contributed by atoms with Crippen molar-refractivity contribution in [2.75, 3.05) is 13.7 Å². The van der Waals surface area contributed by atoms with Crippen LogP contribution >= 0.6 is 0 Å². The van der Waals surface area contributed by atoms with Crippen LogP contribution in [-0.2, 0) is 21.4 Å². The van der Waals surface area contributed by atoms with Crippen molar-refractivity contribution in [3.05, 3.63) is 59.7 Å². The highest BCUT2D eigenvalue weighted by Crippen LogP contribution is 2.15. The largest absolute Gasteiger partial charge is 0.497 e. The normalized spacial score (nSPS) is 11.2. The number of methoxy groups -OCH3 is 1. The molecule has 2 aromatic rings. The lowest BCUT2D eigenvalue weighted by Gasteiger charge is -2.08. The molecule has 0 aromatic heterocycles. The Hall–Kier alpha value is -2.52. The summed E-state index contributed by atoms with van der Waals surface area (Å²) >= 11 is 0. The SMILES string of the molecule is COc1ccc(CNC(=O)CCCNS(=O)(=O)c2ccc(F)cc2F)cc1. The van der Waals surface area contributed by atoms with E-state index in [-0.39, 0.29) is 25.3 Å². The molecule has 0 aliphatic carbocycles. The zero-order valence-electron chi connectivity index (χ0n) is 14.7. The molecular weight excluding hydrogens is 378 g/mol. The Labute approximate surface area is 156 Å². The number of hydrogen-bond donors (Lipinski definition) is 2. The topological polar surface area (TPSA) is 84.5 Å². The number of carbonyl (C=O) groups is 1. The second-order valence-corrected chi connectivity index (χ2v) is 7.44. The standard InChI is InChI=1S/C18H20F2N2O4S/c1-26-15-7-4-13(5-8-15)12-21-18(23)3-2-10-22-27(24,25)17-9-6-14(19)11-16(17)20/h4-9,11,22H,2-3,10,12H2,1H3,(H,21,23). The van der Waals surface area contributed by atoms with E-state index in [1.807, 2.05) is 12.1 Å². The van der Waals surface area contributed by atoms with Crippen molar-refractivity contribution in [1.29, 1.82) is 0 Å². The summed E-state index contributed by atoms with van der Waals surface area (Å²) in [6, 6.07) is 9.44. The number of halogens is 2. The fourth-order valence-electron chi connectivity index (χ4n) is 2.26. The summed E-state index contributed by atoms with van der Waals surface area (Å²) < 4.78 is 57.6. The molecule has 0 aliphatic heterocycles.